The van der Waals surface area contributed by atoms with E-state index in [9.17, 15) is 68.7 Å². The zero-order chi connectivity index (χ0) is 52.8. The summed E-state index contributed by atoms with van der Waals surface area (Å²) in [6.45, 7) is 6.54. The van der Waals surface area contributed by atoms with Gasteiger partial charge in [-0.1, -0.05) is 44.2 Å². The number of aliphatic hydroxyl groups excluding tert-OH is 10. The van der Waals surface area contributed by atoms with E-state index in [4.69, 9.17) is 10.2 Å². The topological polar surface area (TPSA) is 356 Å². The molecule has 12 N–H and O–H groups in total. The first-order valence-corrected chi connectivity index (χ1v) is 25.5. The van der Waals surface area contributed by atoms with E-state index in [1.165, 1.54) is 0 Å². The summed E-state index contributed by atoms with van der Waals surface area (Å²) in [6.07, 6.45) is 0.0179. The molecular weight excluding hydrogens is 992 g/mol. The first kappa shape index (κ1) is 62.9. The average Bonchev–Trinajstić information content (AvgIpc) is 3.68. The van der Waals surface area contributed by atoms with Gasteiger partial charge in [0.05, 0.1) is 34.9 Å². The van der Waals surface area contributed by atoms with Gasteiger partial charge >= 0.3 is 29.6 Å². The summed E-state index contributed by atoms with van der Waals surface area (Å²) in [5, 5.41) is 114. The Balaban J connectivity index is 0.0000137. The molecule has 0 spiro atoms. The molecule has 2 amide bonds. The van der Waals surface area contributed by atoms with Crippen molar-refractivity contribution < 1.29 is 117 Å². The Hall–Kier alpha value is -3.41. The SMILES string of the molecule is CC1(C)C(=CC=CC=CC=CC2=[N+](CCCCS(=O)(=O)[O-])c3ccc(C(=O)NCC(O)C(O)C(O)C(O)CO)cc3C2(C)C)N(CCCCSO[O-])c2ccc(C(=O)NC(O)C(O)C(O)C(O)CO)cc21.[Na+]. The van der Waals surface area contributed by atoms with E-state index < -0.39 is 107 Å². The van der Waals surface area contributed by atoms with E-state index in [0.717, 1.165) is 46.0 Å². The fourth-order valence-corrected chi connectivity index (χ4v) is 9.37. The van der Waals surface area contributed by atoms with Crippen LogP contribution in [0, 0.1) is 0 Å². The van der Waals surface area contributed by atoms with Crippen LogP contribution in [-0.2, 0) is 25.3 Å². The third kappa shape index (κ3) is 16.3. The van der Waals surface area contributed by atoms with Gasteiger partial charge in [0, 0.05) is 76.6 Å². The second-order valence-corrected chi connectivity index (χ2v) is 20.6. The van der Waals surface area contributed by atoms with E-state index in [0.29, 0.717) is 38.1 Å². The van der Waals surface area contributed by atoms with E-state index in [1.54, 1.807) is 42.5 Å². The van der Waals surface area contributed by atoms with Gasteiger partial charge in [0.25, 0.3) is 11.8 Å². The second kappa shape index (κ2) is 28.5. The van der Waals surface area contributed by atoms with Crippen molar-refractivity contribution in [1.29, 1.82) is 0 Å². The van der Waals surface area contributed by atoms with E-state index in [1.807, 2.05) is 68.7 Å². The summed E-state index contributed by atoms with van der Waals surface area (Å²) in [7, 11) is -4.43. The minimum Gasteiger partial charge on any atom is -0.748 e. The predicted molar refractivity (Wildman–Crippen MR) is 260 cm³/mol. The van der Waals surface area contributed by atoms with Crippen molar-refractivity contribution in [2.75, 3.05) is 49.3 Å². The maximum absolute atomic E-state index is 13.3. The van der Waals surface area contributed by atoms with Gasteiger partial charge in [-0.2, -0.15) is 4.58 Å². The molecule has 0 bridgehead atoms. The zero-order valence-electron chi connectivity index (χ0n) is 40.9. The number of aliphatic hydroxyl groups is 10. The normalized spacial score (nSPS) is 19.2. The first-order valence-electron chi connectivity index (χ1n) is 23.0. The molecule has 2 heterocycles. The molecule has 2 aliphatic heterocycles. The number of hydrogen-bond acceptors (Lipinski definition) is 19. The molecule has 2 aromatic carbocycles. The fraction of sp³-hybridized carbons (Fsp3) is 0.521. The van der Waals surface area contributed by atoms with Crippen LogP contribution in [0.15, 0.2) is 84.6 Å². The molecule has 0 fully saturated rings. The van der Waals surface area contributed by atoms with Crippen molar-refractivity contribution in [3.8, 4) is 0 Å². The monoisotopic (exact) mass is 1060 g/mol. The number of hydrogen-bond donors (Lipinski definition) is 12. The molecule has 4 rings (SSSR count). The molecule has 21 nitrogen and oxygen atoms in total. The molecule has 72 heavy (non-hydrogen) atoms. The van der Waals surface area contributed by atoms with Crippen LogP contribution in [0.2, 0.25) is 0 Å². The first-order chi connectivity index (χ1) is 33.4. The molecule has 394 valence electrons. The smallest absolute Gasteiger partial charge is 0.748 e. The van der Waals surface area contributed by atoms with E-state index in [2.05, 4.69) is 19.9 Å². The number of allylic oxidation sites excluding steroid dienone is 8. The Labute approximate surface area is 445 Å². The maximum atomic E-state index is 13.3. The Bertz CT molecular complexity index is 2410. The van der Waals surface area contributed by atoms with Gasteiger partial charge in [-0.3, -0.25) is 9.59 Å². The van der Waals surface area contributed by atoms with Crippen LogP contribution in [0.25, 0.3) is 0 Å². The Kier molecular flexibility index (Phi) is 24.9. The average molecular weight is 1060 g/mol. The summed E-state index contributed by atoms with van der Waals surface area (Å²) < 4.78 is 40.0. The van der Waals surface area contributed by atoms with Gasteiger partial charge in [-0.15, -0.1) is 0 Å². The summed E-state index contributed by atoms with van der Waals surface area (Å²) in [5.74, 6) is -1.41. The van der Waals surface area contributed by atoms with Gasteiger partial charge in [0.1, 0.15) is 43.2 Å². The van der Waals surface area contributed by atoms with E-state index in [-0.39, 0.29) is 47.1 Å². The number of unbranched alkanes of at least 4 members (excludes halogenated alkanes) is 2. The van der Waals surface area contributed by atoms with Crippen LogP contribution < -0.4 is 50.3 Å². The van der Waals surface area contributed by atoms with Gasteiger partial charge < -0.3 is 80.7 Å². The van der Waals surface area contributed by atoms with E-state index >= 15 is 0 Å². The summed E-state index contributed by atoms with van der Waals surface area (Å²) in [5.41, 5.74) is 3.77. The van der Waals surface area contributed by atoms with Crippen molar-refractivity contribution in [1.82, 2.24) is 10.6 Å². The number of nitrogens with one attached hydrogen (secondary N) is 2. The van der Waals surface area contributed by atoms with Crippen molar-refractivity contribution in [3.63, 3.8) is 0 Å². The fourth-order valence-electron chi connectivity index (χ4n) is 8.42. The number of carbonyl (C=O) groups is 2. The molecule has 8 atom stereocenters. The third-order valence-electron chi connectivity index (χ3n) is 12.5. The van der Waals surface area contributed by atoms with Crippen LogP contribution in [0.1, 0.15) is 85.2 Å². The van der Waals surface area contributed by atoms with Gasteiger partial charge in [0.15, 0.2) is 11.9 Å². The predicted octanol–water partition coefficient (Wildman–Crippen LogP) is -4.25. The second-order valence-electron chi connectivity index (χ2n) is 18.3. The molecular formula is C48H67N4NaO17S2. The largest absolute Gasteiger partial charge is 1.00 e. The molecule has 24 heteroatoms. The molecule has 0 radical (unpaired) electrons. The zero-order valence-corrected chi connectivity index (χ0v) is 44.6. The van der Waals surface area contributed by atoms with Crippen molar-refractivity contribution in [3.05, 3.63) is 107 Å². The molecule has 0 saturated carbocycles. The quantitative estimate of drug-likeness (QED) is 0.00442. The summed E-state index contributed by atoms with van der Waals surface area (Å²) >= 11 is 0.815. The minimum absolute atomic E-state index is 0. The summed E-state index contributed by atoms with van der Waals surface area (Å²) in [4.78, 5) is 28.6. The number of carbonyl (C=O) groups excluding carboxylic acids is 2. The number of fused-ring (bicyclic) bond motifs is 2. The van der Waals surface area contributed by atoms with Crippen molar-refractivity contribution in [2.45, 2.75) is 113 Å². The van der Waals surface area contributed by atoms with Crippen LogP contribution in [0.4, 0.5) is 11.4 Å². The molecule has 0 saturated heterocycles. The molecule has 2 aromatic rings. The molecule has 0 aliphatic carbocycles. The Morgan fingerprint density at radius 2 is 1.35 bits per heavy atom. The third-order valence-corrected chi connectivity index (χ3v) is 13.9. The van der Waals surface area contributed by atoms with Gasteiger partial charge in [-0.25, -0.2) is 8.42 Å². The standard InChI is InChI=1S/C48H68N4O17S2.Na/c1-47(2)31-24-29(44(62)49-26-35(55)40(58)41(59)36(56)27-53)16-18-33(31)52(21-11-13-23-71(66,67)68)39(47)15-9-7-5-6-8-14-38-48(3,4)32-25-30(17-19-34(32)51(38)20-10-12-22-70-69-65)45(63)50-46(64)43(61)42(60)37(57)28-54;/h5-9,14-19,24-25,35-37,40-43,46,53-61,64H,10-13,20-23,26-28H2,1-4H3,(H3-,49,50,62,63,65,66,67,68);/q;+1/p-1. The van der Waals surface area contributed by atoms with Crippen LogP contribution in [0.3, 0.4) is 0 Å². The number of nitrogens with zero attached hydrogens (tertiary/aromatic N) is 2. The number of anilines is 1. The number of benzene rings is 2. The molecule has 2 aliphatic rings. The van der Waals surface area contributed by atoms with Crippen molar-refractivity contribution in [2.24, 2.45) is 0 Å². The van der Waals surface area contributed by atoms with Crippen molar-refractivity contribution >= 4 is 51.1 Å². The molecule has 8 unspecified atom stereocenters. The summed E-state index contributed by atoms with van der Waals surface area (Å²) in [6, 6.07) is 9.94. The minimum atomic E-state index is -4.43. The van der Waals surface area contributed by atoms with Gasteiger partial charge in [-0.05, 0) is 87.1 Å². The number of rotatable bonds is 28. The Morgan fingerprint density at radius 1 is 0.764 bits per heavy atom. The van der Waals surface area contributed by atoms with Crippen LogP contribution in [-0.4, -0.2) is 179 Å². The van der Waals surface area contributed by atoms with Crippen LogP contribution in [0.5, 0.6) is 0 Å². The Morgan fingerprint density at radius 3 is 1.99 bits per heavy atom. The maximum Gasteiger partial charge on any atom is 1.00 e. The van der Waals surface area contributed by atoms with Crippen LogP contribution >= 0.6 is 12.0 Å². The molecule has 0 aromatic heterocycles. The number of amides is 2. The van der Waals surface area contributed by atoms with Gasteiger partial charge in [0.2, 0.25) is 5.69 Å².